The highest BCUT2D eigenvalue weighted by molar-refractivity contribution is 4.98. The topological polar surface area (TPSA) is 29.3 Å². The molecule has 0 aromatic carbocycles. The summed E-state index contributed by atoms with van der Waals surface area (Å²) in [6.07, 6.45) is 5.52. The van der Waals surface area contributed by atoms with Gasteiger partial charge in [0.25, 0.3) is 0 Å². The van der Waals surface area contributed by atoms with E-state index in [2.05, 4.69) is 25.7 Å². The Morgan fingerprint density at radius 2 is 2.00 bits per heavy atom. The van der Waals surface area contributed by atoms with Gasteiger partial charge >= 0.3 is 0 Å². The van der Waals surface area contributed by atoms with E-state index in [0.717, 1.165) is 12.0 Å². The largest absolute Gasteiger partial charge is 0.328 e. The molecule has 3 atom stereocenters. The maximum atomic E-state index is 6.03. The van der Waals surface area contributed by atoms with E-state index in [9.17, 15) is 0 Å². The van der Waals surface area contributed by atoms with E-state index in [0.29, 0.717) is 11.5 Å². The summed E-state index contributed by atoms with van der Waals surface area (Å²) in [6, 6.07) is 1.13. The normalized spacial score (nSPS) is 34.8. The maximum Gasteiger partial charge on any atom is 0.0121 e. The van der Waals surface area contributed by atoms with Crippen molar-refractivity contribution in [1.29, 1.82) is 0 Å². The third kappa shape index (κ3) is 2.36. The molecule has 0 amide bonds. The molecule has 0 spiro atoms. The minimum atomic E-state index is 0.368. The van der Waals surface area contributed by atoms with E-state index >= 15 is 0 Å². The van der Waals surface area contributed by atoms with Gasteiger partial charge in [0.05, 0.1) is 0 Å². The summed E-state index contributed by atoms with van der Waals surface area (Å²) < 4.78 is 0. The zero-order valence-electron chi connectivity index (χ0n) is 10.5. The Morgan fingerprint density at radius 1 is 1.33 bits per heavy atom. The SMILES string of the molecule is CC(N)C1CCCN(C(C)C2(C)CC2)C1. The van der Waals surface area contributed by atoms with E-state index in [1.54, 1.807) is 0 Å². The summed E-state index contributed by atoms with van der Waals surface area (Å²) in [6.45, 7) is 9.54. The molecule has 1 heterocycles. The lowest BCUT2D eigenvalue weighted by Gasteiger charge is -2.40. The molecule has 2 aliphatic rings. The molecule has 2 fully saturated rings. The standard InChI is InChI=1S/C13H26N2/c1-10(14)12-5-4-8-15(9-12)11(2)13(3)6-7-13/h10-12H,4-9,14H2,1-3H3. The summed E-state index contributed by atoms with van der Waals surface area (Å²) in [7, 11) is 0. The van der Waals surface area contributed by atoms with Crippen LogP contribution in [0.15, 0.2) is 0 Å². The predicted molar refractivity (Wildman–Crippen MR) is 64.7 cm³/mol. The van der Waals surface area contributed by atoms with Gasteiger partial charge in [0.2, 0.25) is 0 Å². The fraction of sp³-hybridized carbons (Fsp3) is 1.00. The van der Waals surface area contributed by atoms with Gasteiger partial charge in [0.1, 0.15) is 0 Å². The quantitative estimate of drug-likeness (QED) is 0.774. The lowest BCUT2D eigenvalue weighted by molar-refractivity contribution is 0.0862. The number of nitrogens with zero attached hydrogens (tertiary/aromatic N) is 1. The van der Waals surface area contributed by atoms with Gasteiger partial charge < -0.3 is 5.73 Å². The van der Waals surface area contributed by atoms with Crippen molar-refractivity contribution < 1.29 is 0 Å². The van der Waals surface area contributed by atoms with Crippen LogP contribution >= 0.6 is 0 Å². The summed E-state index contributed by atoms with van der Waals surface area (Å²) in [5.74, 6) is 0.726. The van der Waals surface area contributed by atoms with Crippen LogP contribution in [0.3, 0.4) is 0 Å². The fourth-order valence-corrected chi connectivity index (χ4v) is 2.88. The molecule has 1 saturated carbocycles. The second-order valence-electron chi connectivity index (χ2n) is 6.09. The number of piperidine rings is 1. The molecule has 2 N–H and O–H groups in total. The van der Waals surface area contributed by atoms with Crippen LogP contribution in [0.1, 0.15) is 46.5 Å². The minimum absolute atomic E-state index is 0.368. The van der Waals surface area contributed by atoms with Gasteiger partial charge in [-0.05, 0) is 57.4 Å². The first-order valence-electron chi connectivity index (χ1n) is 6.52. The Balaban J connectivity index is 1.92. The average Bonchev–Trinajstić information content (AvgIpc) is 2.97. The second-order valence-corrected chi connectivity index (χ2v) is 6.09. The van der Waals surface area contributed by atoms with E-state index in [-0.39, 0.29) is 0 Å². The molecule has 1 aliphatic heterocycles. The van der Waals surface area contributed by atoms with Crippen molar-refractivity contribution in [1.82, 2.24) is 4.90 Å². The monoisotopic (exact) mass is 210 g/mol. The first-order chi connectivity index (χ1) is 7.03. The average molecular weight is 210 g/mol. The van der Waals surface area contributed by atoms with Crippen LogP contribution in [0.25, 0.3) is 0 Å². The molecule has 2 heteroatoms. The number of hydrogen-bond acceptors (Lipinski definition) is 2. The number of nitrogens with two attached hydrogens (primary N) is 1. The predicted octanol–water partition coefficient (Wildman–Crippen LogP) is 2.23. The van der Waals surface area contributed by atoms with Gasteiger partial charge in [0, 0.05) is 18.6 Å². The Labute approximate surface area is 94.2 Å². The van der Waals surface area contributed by atoms with Gasteiger partial charge in [-0.1, -0.05) is 6.92 Å². The molecule has 15 heavy (non-hydrogen) atoms. The zero-order valence-corrected chi connectivity index (χ0v) is 10.5. The Hall–Kier alpha value is -0.0800. The molecular weight excluding hydrogens is 184 g/mol. The van der Waals surface area contributed by atoms with Crippen LogP contribution in [0.2, 0.25) is 0 Å². The molecule has 0 bridgehead atoms. The molecule has 2 rings (SSSR count). The fourth-order valence-electron chi connectivity index (χ4n) is 2.88. The number of likely N-dealkylation sites (tertiary alicyclic amines) is 1. The molecule has 0 aromatic rings. The third-order valence-corrected chi connectivity index (χ3v) is 4.83. The summed E-state index contributed by atoms with van der Waals surface area (Å²) >= 11 is 0. The van der Waals surface area contributed by atoms with E-state index in [1.165, 1.54) is 38.8 Å². The first kappa shape index (κ1) is 11.4. The molecular formula is C13H26N2. The highest BCUT2D eigenvalue weighted by Crippen LogP contribution is 2.50. The first-order valence-corrected chi connectivity index (χ1v) is 6.52. The second kappa shape index (κ2) is 4.06. The van der Waals surface area contributed by atoms with Crippen LogP contribution < -0.4 is 5.73 Å². The lowest BCUT2D eigenvalue weighted by atomic mass is 9.89. The molecule has 0 radical (unpaired) electrons. The lowest BCUT2D eigenvalue weighted by Crippen LogP contribution is -2.48. The van der Waals surface area contributed by atoms with Gasteiger partial charge in [0.15, 0.2) is 0 Å². The van der Waals surface area contributed by atoms with Crippen molar-refractivity contribution in [2.75, 3.05) is 13.1 Å². The molecule has 1 saturated heterocycles. The zero-order chi connectivity index (χ0) is 11.1. The highest BCUT2D eigenvalue weighted by atomic mass is 15.2. The molecule has 0 aromatic heterocycles. The van der Waals surface area contributed by atoms with Crippen LogP contribution in [0.5, 0.6) is 0 Å². The van der Waals surface area contributed by atoms with E-state index in [1.807, 2.05) is 0 Å². The van der Waals surface area contributed by atoms with E-state index in [4.69, 9.17) is 5.73 Å². The summed E-state index contributed by atoms with van der Waals surface area (Å²) in [5, 5.41) is 0. The number of hydrogen-bond donors (Lipinski definition) is 1. The van der Waals surface area contributed by atoms with Crippen LogP contribution in [-0.2, 0) is 0 Å². The maximum absolute atomic E-state index is 6.03. The van der Waals surface area contributed by atoms with Crippen molar-refractivity contribution in [3.63, 3.8) is 0 Å². The van der Waals surface area contributed by atoms with Crippen molar-refractivity contribution in [2.45, 2.75) is 58.5 Å². The summed E-state index contributed by atoms with van der Waals surface area (Å²) in [4.78, 5) is 2.69. The Kier molecular flexibility index (Phi) is 3.09. The summed E-state index contributed by atoms with van der Waals surface area (Å²) in [5.41, 5.74) is 6.65. The van der Waals surface area contributed by atoms with Crippen molar-refractivity contribution in [3.8, 4) is 0 Å². The highest BCUT2D eigenvalue weighted by Gasteiger charge is 2.45. The van der Waals surface area contributed by atoms with Gasteiger partial charge in [-0.15, -0.1) is 0 Å². The van der Waals surface area contributed by atoms with E-state index < -0.39 is 0 Å². The minimum Gasteiger partial charge on any atom is -0.328 e. The third-order valence-electron chi connectivity index (χ3n) is 4.83. The van der Waals surface area contributed by atoms with Crippen LogP contribution in [0, 0.1) is 11.3 Å². The van der Waals surface area contributed by atoms with Crippen molar-refractivity contribution in [3.05, 3.63) is 0 Å². The molecule has 2 nitrogen and oxygen atoms in total. The van der Waals surface area contributed by atoms with Crippen LogP contribution in [0.4, 0.5) is 0 Å². The Morgan fingerprint density at radius 3 is 2.53 bits per heavy atom. The van der Waals surface area contributed by atoms with Gasteiger partial charge in [-0.3, -0.25) is 4.90 Å². The molecule has 1 aliphatic carbocycles. The smallest absolute Gasteiger partial charge is 0.0121 e. The number of rotatable bonds is 3. The van der Waals surface area contributed by atoms with Crippen LogP contribution in [-0.4, -0.2) is 30.1 Å². The van der Waals surface area contributed by atoms with Gasteiger partial charge in [-0.25, -0.2) is 0 Å². The van der Waals surface area contributed by atoms with Gasteiger partial charge in [-0.2, -0.15) is 0 Å². The Bertz CT molecular complexity index is 221. The molecule has 88 valence electrons. The van der Waals surface area contributed by atoms with Crippen molar-refractivity contribution in [2.24, 2.45) is 17.1 Å². The molecule has 3 unspecified atom stereocenters. The van der Waals surface area contributed by atoms with Crippen molar-refractivity contribution >= 4 is 0 Å².